The summed E-state index contributed by atoms with van der Waals surface area (Å²) in [6, 6.07) is 14.1. The predicted molar refractivity (Wildman–Crippen MR) is 77.9 cm³/mol. The van der Waals surface area contributed by atoms with Crippen LogP contribution < -0.4 is 11.1 Å². The van der Waals surface area contributed by atoms with Gasteiger partial charge in [0.1, 0.15) is 0 Å². The third-order valence-electron chi connectivity index (χ3n) is 4.19. The Labute approximate surface area is 112 Å². The van der Waals surface area contributed by atoms with Crippen molar-refractivity contribution in [1.82, 2.24) is 0 Å². The van der Waals surface area contributed by atoms with Crippen molar-refractivity contribution in [3.63, 3.8) is 0 Å². The monoisotopic (exact) mass is 254 g/mol. The summed E-state index contributed by atoms with van der Waals surface area (Å²) in [5, 5.41) is 5.32. The van der Waals surface area contributed by atoms with Crippen LogP contribution in [-0.4, -0.2) is 12.5 Å². The first-order chi connectivity index (χ1) is 9.23. The topological polar surface area (TPSA) is 55.1 Å². The van der Waals surface area contributed by atoms with Gasteiger partial charge in [-0.3, -0.25) is 4.79 Å². The summed E-state index contributed by atoms with van der Waals surface area (Å²) in [4.78, 5) is 12.3. The lowest BCUT2D eigenvalue weighted by atomic mass is 9.68. The van der Waals surface area contributed by atoms with Crippen LogP contribution in [0.15, 0.2) is 42.5 Å². The highest BCUT2D eigenvalue weighted by atomic mass is 16.2. The van der Waals surface area contributed by atoms with E-state index in [2.05, 4.69) is 11.4 Å². The quantitative estimate of drug-likeness (QED) is 0.884. The molecule has 1 aliphatic carbocycles. The minimum absolute atomic E-state index is 0.0662. The molecule has 0 aromatic heterocycles. The third-order valence-corrected chi connectivity index (χ3v) is 4.19. The Kier molecular flexibility index (Phi) is 2.99. The van der Waals surface area contributed by atoms with E-state index in [1.54, 1.807) is 0 Å². The van der Waals surface area contributed by atoms with Gasteiger partial charge in [0, 0.05) is 12.2 Å². The van der Waals surface area contributed by atoms with E-state index >= 15 is 0 Å². The van der Waals surface area contributed by atoms with Gasteiger partial charge >= 0.3 is 0 Å². The van der Waals surface area contributed by atoms with Crippen molar-refractivity contribution in [1.29, 1.82) is 0 Å². The molecule has 0 heterocycles. The molecule has 0 radical (unpaired) electrons. The molecular formula is C16H18N2O. The molecule has 0 bridgehead atoms. The molecule has 2 aromatic rings. The molecule has 2 aromatic carbocycles. The van der Waals surface area contributed by atoms with Gasteiger partial charge in [-0.05, 0) is 35.7 Å². The number of carbonyl (C=O) groups is 1. The molecule has 98 valence electrons. The van der Waals surface area contributed by atoms with E-state index in [-0.39, 0.29) is 11.3 Å². The molecular weight excluding hydrogens is 236 g/mol. The zero-order valence-corrected chi connectivity index (χ0v) is 10.9. The van der Waals surface area contributed by atoms with E-state index in [0.29, 0.717) is 6.54 Å². The molecule has 1 saturated carbocycles. The molecule has 3 heteroatoms. The number of nitrogens with one attached hydrogen (secondary N) is 1. The van der Waals surface area contributed by atoms with Gasteiger partial charge in [-0.2, -0.15) is 0 Å². The first kappa shape index (κ1) is 12.2. The van der Waals surface area contributed by atoms with Crippen molar-refractivity contribution in [2.75, 3.05) is 11.9 Å². The lowest BCUT2D eigenvalue weighted by molar-refractivity contribution is -0.129. The Bertz CT molecular complexity index is 611. The van der Waals surface area contributed by atoms with Crippen molar-refractivity contribution in [2.45, 2.75) is 19.3 Å². The van der Waals surface area contributed by atoms with Crippen LogP contribution in [0.1, 0.15) is 19.3 Å². The number of nitrogens with two attached hydrogens (primary N) is 1. The van der Waals surface area contributed by atoms with Crippen LogP contribution >= 0.6 is 0 Å². The highest BCUT2D eigenvalue weighted by Crippen LogP contribution is 2.40. The fourth-order valence-corrected chi connectivity index (χ4v) is 2.66. The van der Waals surface area contributed by atoms with E-state index in [1.807, 2.05) is 36.4 Å². The Morgan fingerprint density at radius 3 is 2.53 bits per heavy atom. The molecule has 1 aliphatic rings. The highest BCUT2D eigenvalue weighted by Gasteiger charge is 2.42. The fraction of sp³-hybridized carbons (Fsp3) is 0.312. The zero-order valence-electron chi connectivity index (χ0n) is 10.9. The number of benzene rings is 2. The minimum Gasteiger partial charge on any atom is -0.329 e. The van der Waals surface area contributed by atoms with Gasteiger partial charge in [0.25, 0.3) is 0 Å². The fourth-order valence-electron chi connectivity index (χ4n) is 2.66. The normalized spacial score (nSPS) is 16.9. The zero-order chi connectivity index (χ0) is 13.3. The number of amides is 1. The molecule has 0 aliphatic heterocycles. The summed E-state index contributed by atoms with van der Waals surface area (Å²) in [7, 11) is 0. The van der Waals surface area contributed by atoms with Crippen molar-refractivity contribution < 1.29 is 4.79 Å². The maximum Gasteiger partial charge on any atom is 0.231 e. The first-order valence-corrected chi connectivity index (χ1v) is 6.74. The number of carbonyl (C=O) groups excluding carboxylic acids is 1. The van der Waals surface area contributed by atoms with Gasteiger partial charge in [0.15, 0.2) is 0 Å². The van der Waals surface area contributed by atoms with E-state index in [9.17, 15) is 4.79 Å². The maximum absolute atomic E-state index is 12.3. The molecule has 1 fully saturated rings. The molecule has 0 spiro atoms. The van der Waals surface area contributed by atoms with Gasteiger partial charge in [-0.25, -0.2) is 0 Å². The number of rotatable bonds is 3. The summed E-state index contributed by atoms with van der Waals surface area (Å²) in [5.74, 6) is 0.0662. The average Bonchev–Trinajstić information content (AvgIpc) is 2.38. The van der Waals surface area contributed by atoms with Crippen molar-refractivity contribution in [2.24, 2.45) is 11.1 Å². The SMILES string of the molecule is NCC1(C(=O)Nc2ccc3ccccc3c2)CCC1. The van der Waals surface area contributed by atoms with E-state index in [0.717, 1.165) is 30.3 Å². The van der Waals surface area contributed by atoms with Crippen LogP contribution in [0, 0.1) is 5.41 Å². The molecule has 0 unspecified atom stereocenters. The number of fused-ring (bicyclic) bond motifs is 1. The summed E-state index contributed by atoms with van der Waals surface area (Å²) >= 11 is 0. The number of hydrogen-bond donors (Lipinski definition) is 2. The van der Waals surface area contributed by atoms with Gasteiger partial charge in [-0.15, -0.1) is 0 Å². The Morgan fingerprint density at radius 2 is 1.89 bits per heavy atom. The van der Waals surface area contributed by atoms with Crippen LogP contribution in [0.5, 0.6) is 0 Å². The Balaban J connectivity index is 1.83. The summed E-state index contributed by atoms with van der Waals surface area (Å²) in [5.41, 5.74) is 6.28. The number of anilines is 1. The van der Waals surface area contributed by atoms with Gasteiger partial charge in [-0.1, -0.05) is 36.8 Å². The Morgan fingerprint density at radius 1 is 1.16 bits per heavy atom. The van der Waals surface area contributed by atoms with E-state index in [1.165, 1.54) is 5.39 Å². The lowest BCUT2D eigenvalue weighted by Gasteiger charge is -2.39. The molecule has 19 heavy (non-hydrogen) atoms. The van der Waals surface area contributed by atoms with Gasteiger partial charge in [0.05, 0.1) is 5.41 Å². The lowest BCUT2D eigenvalue weighted by Crippen LogP contribution is -2.47. The number of hydrogen-bond acceptors (Lipinski definition) is 2. The largest absolute Gasteiger partial charge is 0.329 e. The van der Waals surface area contributed by atoms with Crippen LogP contribution in [-0.2, 0) is 4.79 Å². The standard InChI is InChI=1S/C16H18N2O/c17-11-16(8-3-9-16)15(19)18-14-7-6-12-4-1-2-5-13(12)10-14/h1-2,4-7,10H,3,8-9,11,17H2,(H,18,19). The second-order valence-corrected chi connectivity index (χ2v) is 5.35. The minimum atomic E-state index is -0.328. The van der Waals surface area contributed by atoms with Crippen molar-refractivity contribution in [3.05, 3.63) is 42.5 Å². The van der Waals surface area contributed by atoms with Crippen molar-refractivity contribution >= 4 is 22.4 Å². The van der Waals surface area contributed by atoms with Crippen LogP contribution in [0.25, 0.3) is 10.8 Å². The highest BCUT2D eigenvalue weighted by molar-refractivity contribution is 5.98. The predicted octanol–water partition coefficient (Wildman–Crippen LogP) is 2.91. The molecule has 1 amide bonds. The molecule has 0 atom stereocenters. The van der Waals surface area contributed by atoms with Crippen LogP contribution in [0.4, 0.5) is 5.69 Å². The van der Waals surface area contributed by atoms with Crippen LogP contribution in [0.3, 0.4) is 0 Å². The Hall–Kier alpha value is -1.87. The third kappa shape index (κ3) is 2.10. The second-order valence-electron chi connectivity index (χ2n) is 5.35. The maximum atomic E-state index is 12.3. The first-order valence-electron chi connectivity index (χ1n) is 6.74. The van der Waals surface area contributed by atoms with Crippen LogP contribution in [0.2, 0.25) is 0 Å². The van der Waals surface area contributed by atoms with Gasteiger partial charge in [0.2, 0.25) is 5.91 Å². The average molecular weight is 254 g/mol. The molecule has 3 nitrogen and oxygen atoms in total. The van der Waals surface area contributed by atoms with Crippen molar-refractivity contribution in [3.8, 4) is 0 Å². The van der Waals surface area contributed by atoms with Gasteiger partial charge < -0.3 is 11.1 Å². The summed E-state index contributed by atoms with van der Waals surface area (Å²) < 4.78 is 0. The van der Waals surface area contributed by atoms with E-state index < -0.39 is 0 Å². The molecule has 0 saturated heterocycles. The second kappa shape index (κ2) is 4.67. The molecule has 3 N–H and O–H groups in total. The smallest absolute Gasteiger partial charge is 0.231 e. The summed E-state index contributed by atoms with van der Waals surface area (Å²) in [6.45, 7) is 0.437. The van der Waals surface area contributed by atoms with E-state index in [4.69, 9.17) is 5.73 Å². The summed E-state index contributed by atoms with van der Waals surface area (Å²) in [6.07, 6.45) is 2.91. The molecule has 3 rings (SSSR count).